The number of halogens is 1. The van der Waals surface area contributed by atoms with Crippen molar-refractivity contribution in [2.75, 3.05) is 13.1 Å². The van der Waals surface area contributed by atoms with Crippen LogP contribution in [0.25, 0.3) is 10.9 Å². The molecule has 128 valence electrons. The van der Waals surface area contributed by atoms with Gasteiger partial charge in [0, 0.05) is 24.0 Å². The van der Waals surface area contributed by atoms with E-state index in [9.17, 15) is 4.79 Å². The number of rotatable bonds is 4. The molecule has 1 fully saturated rings. The Morgan fingerprint density at radius 3 is 2.84 bits per heavy atom. The van der Waals surface area contributed by atoms with Crippen molar-refractivity contribution in [1.82, 2.24) is 14.9 Å². The van der Waals surface area contributed by atoms with Crippen molar-refractivity contribution in [2.24, 2.45) is 0 Å². The minimum Gasteiger partial charge on any atom is -0.310 e. The molecule has 0 bridgehead atoms. The highest BCUT2D eigenvalue weighted by molar-refractivity contribution is 6.31. The van der Waals surface area contributed by atoms with Gasteiger partial charge in [-0.25, -0.2) is 4.98 Å². The zero-order chi connectivity index (χ0) is 17.2. The topological polar surface area (TPSA) is 49.0 Å². The van der Waals surface area contributed by atoms with Gasteiger partial charge in [0.2, 0.25) is 0 Å². The molecule has 1 aromatic heterocycles. The first-order chi connectivity index (χ1) is 12.2. The van der Waals surface area contributed by atoms with Gasteiger partial charge in [0.05, 0.1) is 10.9 Å². The van der Waals surface area contributed by atoms with Crippen molar-refractivity contribution >= 4 is 22.5 Å². The van der Waals surface area contributed by atoms with E-state index in [1.54, 1.807) is 6.07 Å². The van der Waals surface area contributed by atoms with Crippen LogP contribution in [0.3, 0.4) is 0 Å². The third kappa shape index (κ3) is 3.32. The molecule has 0 aliphatic carbocycles. The number of benzene rings is 2. The third-order valence-corrected chi connectivity index (χ3v) is 5.27. The molecule has 0 amide bonds. The first kappa shape index (κ1) is 16.3. The molecular weight excluding hydrogens is 334 g/mol. The monoisotopic (exact) mass is 353 g/mol. The maximum Gasteiger partial charge on any atom is 0.258 e. The summed E-state index contributed by atoms with van der Waals surface area (Å²) < 4.78 is 0. The van der Waals surface area contributed by atoms with Gasteiger partial charge in [0.1, 0.15) is 5.82 Å². The van der Waals surface area contributed by atoms with Gasteiger partial charge in [-0.1, -0.05) is 41.9 Å². The maximum absolute atomic E-state index is 12.2. The second kappa shape index (κ2) is 6.98. The number of likely N-dealkylation sites (tertiary alicyclic amines) is 1. The maximum atomic E-state index is 12.2. The van der Waals surface area contributed by atoms with E-state index < -0.39 is 0 Å². The van der Waals surface area contributed by atoms with Crippen LogP contribution >= 0.6 is 11.6 Å². The molecular formula is C20H20ClN3O. The van der Waals surface area contributed by atoms with Gasteiger partial charge in [0.25, 0.3) is 5.56 Å². The fourth-order valence-electron chi connectivity index (χ4n) is 3.69. The fraction of sp³-hybridized carbons (Fsp3) is 0.300. The molecule has 1 N–H and O–H groups in total. The van der Waals surface area contributed by atoms with Gasteiger partial charge >= 0.3 is 0 Å². The number of hydrogen-bond acceptors (Lipinski definition) is 3. The third-order valence-electron chi connectivity index (χ3n) is 4.93. The van der Waals surface area contributed by atoms with Gasteiger partial charge in [-0.15, -0.1) is 0 Å². The molecule has 1 atom stereocenters. The Balaban J connectivity index is 1.53. The predicted octanol–water partition coefficient (Wildman–Crippen LogP) is 3.96. The lowest BCUT2D eigenvalue weighted by molar-refractivity contribution is 0.259. The quantitative estimate of drug-likeness (QED) is 0.772. The smallest absolute Gasteiger partial charge is 0.258 e. The molecule has 1 saturated heterocycles. The zero-order valence-corrected chi connectivity index (χ0v) is 14.7. The van der Waals surface area contributed by atoms with E-state index in [1.807, 2.05) is 36.4 Å². The van der Waals surface area contributed by atoms with Crippen molar-refractivity contribution < 1.29 is 0 Å². The number of H-pyrrole nitrogens is 1. The van der Waals surface area contributed by atoms with Crippen molar-refractivity contribution in [1.29, 1.82) is 0 Å². The summed E-state index contributed by atoms with van der Waals surface area (Å²) >= 11 is 6.39. The molecule has 4 nitrogen and oxygen atoms in total. The summed E-state index contributed by atoms with van der Waals surface area (Å²) in [4.78, 5) is 22.2. The Morgan fingerprint density at radius 2 is 1.96 bits per heavy atom. The number of aromatic nitrogens is 2. The first-order valence-electron chi connectivity index (χ1n) is 8.69. The predicted molar refractivity (Wildman–Crippen MR) is 101 cm³/mol. The summed E-state index contributed by atoms with van der Waals surface area (Å²) in [5, 5.41) is 1.47. The molecule has 0 saturated carbocycles. The van der Waals surface area contributed by atoms with Gasteiger partial charge in [0.15, 0.2) is 0 Å². The Morgan fingerprint density at radius 1 is 1.16 bits per heavy atom. The normalized spacial score (nSPS) is 18.0. The minimum absolute atomic E-state index is 0.0651. The summed E-state index contributed by atoms with van der Waals surface area (Å²) in [6, 6.07) is 15.9. The Labute approximate surface area is 151 Å². The first-order valence-corrected chi connectivity index (χ1v) is 9.06. The van der Waals surface area contributed by atoms with Crippen molar-refractivity contribution in [3.8, 4) is 0 Å². The molecule has 25 heavy (non-hydrogen) atoms. The minimum atomic E-state index is -0.0651. The lowest BCUT2D eigenvalue weighted by Crippen LogP contribution is -2.27. The van der Waals surface area contributed by atoms with E-state index in [-0.39, 0.29) is 5.56 Å². The Kier molecular flexibility index (Phi) is 4.55. The average molecular weight is 354 g/mol. The molecule has 1 aliphatic heterocycles. The van der Waals surface area contributed by atoms with Crippen LogP contribution in [0.5, 0.6) is 0 Å². The van der Waals surface area contributed by atoms with Gasteiger partial charge in [-0.2, -0.15) is 0 Å². The fourth-order valence-corrected chi connectivity index (χ4v) is 3.96. The lowest BCUT2D eigenvalue weighted by Gasteiger charge is -2.25. The molecule has 3 aromatic rings. The Bertz CT molecular complexity index is 953. The van der Waals surface area contributed by atoms with E-state index in [0.717, 1.165) is 48.7 Å². The van der Waals surface area contributed by atoms with E-state index in [0.29, 0.717) is 11.4 Å². The number of fused-ring (bicyclic) bond motifs is 1. The van der Waals surface area contributed by atoms with Gasteiger partial charge in [-0.3, -0.25) is 9.69 Å². The Hall–Kier alpha value is -2.17. The van der Waals surface area contributed by atoms with Crippen LogP contribution in [-0.2, 0) is 6.42 Å². The van der Waals surface area contributed by atoms with Crippen molar-refractivity contribution in [3.63, 3.8) is 0 Å². The standard InChI is InChI=1S/C20H20ClN3O/c21-16-8-3-1-6-14(16)18-10-5-12-24(18)13-11-19-22-17-9-4-2-7-15(17)20(25)23-19/h1-4,6-9,18H,5,10-13H2,(H,22,23,25). The van der Waals surface area contributed by atoms with Crippen LogP contribution < -0.4 is 5.56 Å². The number of hydrogen-bond donors (Lipinski definition) is 1. The molecule has 2 aromatic carbocycles. The van der Waals surface area contributed by atoms with Gasteiger partial charge in [-0.05, 0) is 43.1 Å². The van der Waals surface area contributed by atoms with E-state index in [2.05, 4.69) is 20.9 Å². The zero-order valence-electron chi connectivity index (χ0n) is 13.9. The largest absolute Gasteiger partial charge is 0.310 e. The van der Waals surface area contributed by atoms with Crippen LogP contribution in [0.4, 0.5) is 0 Å². The number of nitrogens with one attached hydrogen (secondary N) is 1. The van der Waals surface area contributed by atoms with Crippen LogP contribution in [-0.4, -0.2) is 28.0 Å². The van der Waals surface area contributed by atoms with E-state index in [4.69, 9.17) is 11.6 Å². The highest BCUT2D eigenvalue weighted by Crippen LogP contribution is 2.35. The molecule has 5 heteroatoms. The summed E-state index contributed by atoms with van der Waals surface area (Å²) in [5.74, 6) is 0.744. The average Bonchev–Trinajstić information content (AvgIpc) is 3.09. The SMILES string of the molecule is O=c1[nH]c(CCN2CCCC2c2ccccc2Cl)nc2ccccc12. The number of nitrogens with zero attached hydrogens (tertiary/aromatic N) is 2. The summed E-state index contributed by atoms with van der Waals surface area (Å²) in [6.07, 6.45) is 3.00. The van der Waals surface area contributed by atoms with Crippen LogP contribution in [0.2, 0.25) is 5.02 Å². The summed E-state index contributed by atoms with van der Waals surface area (Å²) in [7, 11) is 0. The second-order valence-corrected chi connectivity index (χ2v) is 6.90. The highest BCUT2D eigenvalue weighted by atomic mass is 35.5. The van der Waals surface area contributed by atoms with Crippen LogP contribution in [0, 0.1) is 0 Å². The van der Waals surface area contributed by atoms with Crippen LogP contribution in [0.1, 0.15) is 30.3 Å². The number of aromatic amines is 1. The molecule has 2 heterocycles. The van der Waals surface area contributed by atoms with E-state index >= 15 is 0 Å². The van der Waals surface area contributed by atoms with E-state index in [1.165, 1.54) is 5.56 Å². The van der Waals surface area contributed by atoms with Gasteiger partial charge < -0.3 is 4.98 Å². The number of para-hydroxylation sites is 1. The molecule has 0 spiro atoms. The highest BCUT2D eigenvalue weighted by Gasteiger charge is 2.27. The van der Waals surface area contributed by atoms with Crippen molar-refractivity contribution in [3.05, 3.63) is 75.3 Å². The second-order valence-electron chi connectivity index (χ2n) is 6.50. The molecule has 1 unspecified atom stereocenters. The summed E-state index contributed by atoms with van der Waals surface area (Å²) in [6.45, 7) is 1.91. The van der Waals surface area contributed by atoms with Crippen LogP contribution in [0.15, 0.2) is 53.3 Å². The molecule has 1 aliphatic rings. The molecule has 0 radical (unpaired) electrons. The lowest BCUT2D eigenvalue weighted by atomic mass is 10.0. The molecule has 4 rings (SSSR count). The summed E-state index contributed by atoms with van der Waals surface area (Å²) in [5.41, 5.74) is 1.89. The van der Waals surface area contributed by atoms with Crippen molar-refractivity contribution in [2.45, 2.75) is 25.3 Å².